The lowest BCUT2D eigenvalue weighted by Crippen LogP contribution is -2.59. The predicted octanol–water partition coefficient (Wildman–Crippen LogP) is -11.0. The monoisotopic (exact) mass is 1430 g/mol. The number of guanidine groups is 4. The molecule has 30 N–H and O–H groups in total. The first-order valence-electron chi connectivity index (χ1n) is 30.8. The summed E-state index contributed by atoms with van der Waals surface area (Å²) < 4.78 is 0. The Morgan fingerprint density at radius 1 is 0.402 bits per heavy atom. The van der Waals surface area contributed by atoms with E-state index in [1.54, 1.807) is 0 Å². The third kappa shape index (κ3) is 33.8. The van der Waals surface area contributed by atoms with Crippen molar-refractivity contribution < 1.29 is 67.1 Å². The number of aliphatic imine (C=N–C) groups is 4. The van der Waals surface area contributed by atoms with Crippen molar-refractivity contribution in [3.05, 3.63) is 0 Å². The number of nitrogens with two attached hydrogens (primary N) is 9. The van der Waals surface area contributed by atoms with Crippen LogP contribution in [0.2, 0.25) is 0 Å². The van der Waals surface area contributed by atoms with Crippen molar-refractivity contribution in [1.82, 2.24) is 68.7 Å². The van der Waals surface area contributed by atoms with Gasteiger partial charge in [-0.2, -0.15) is 37.9 Å². The number of nitrogens with zero attached hydrogens (tertiary/aromatic N) is 5. The van der Waals surface area contributed by atoms with E-state index in [0.29, 0.717) is 6.42 Å². The SMILES string of the molecule is CC(=O)N[C@@H](CS)C(=O)N[C@@H](CS)C(=O)N1CCC[C@H]1C(=O)NCC(=O)N[C@@H](CS)C(=O)N[C@@H](C)C(=O)N[C@@H](C)C(=O)N[C@@H](C)C(=O)N[C@@H](C)C(=O)N[C@@H](CCCN=C(N)N)C(=O)N[C@@H](CCCN=C(N)N)C(=O)N[C@@H](CCCN=C(N)N)C(=O)N[C@@H](CCCN=C(N)N)C(N)=O. The Bertz CT molecular complexity index is 2860. The molecular weight excluding hydrogens is 1330 g/mol. The van der Waals surface area contributed by atoms with E-state index in [0.717, 1.165) is 0 Å². The fourth-order valence-corrected chi connectivity index (χ4v) is 9.70. The van der Waals surface area contributed by atoms with Crippen LogP contribution in [0.4, 0.5) is 0 Å². The minimum atomic E-state index is -1.44. The zero-order valence-electron chi connectivity index (χ0n) is 54.9. The van der Waals surface area contributed by atoms with Crippen LogP contribution < -0.4 is 115 Å². The maximum Gasteiger partial charge on any atom is 0.246 e. The van der Waals surface area contributed by atoms with Crippen molar-refractivity contribution in [3.8, 4) is 0 Å². The van der Waals surface area contributed by atoms with Crippen LogP contribution in [0.5, 0.6) is 0 Å². The lowest BCUT2D eigenvalue weighted by molar-refractivity contribution is -0.141. The Morgan fingerprint density at radius 3 is 1.05 bits per heavy atom. The van der Waals surface area contributed by atoms with Gasteiger partial charge in [0.15, 0.2) is 23.8 Å². The molecule has 0 aliphatic carbocycles. The fourth-order valence-electron chi connectivity index (χ4n) is 8.94. The molecule has 0 bridgehead atoms. The summed E-state index contributed by atoms with van der Waals surface area (Å²) in [6.07, 6.45) is 0.839. The Hall–Kier alpha value is -9.29. The maximum atomic E-state index is 14.2. The van der Waals surface area contributed by atoms with Gasteiger partial charge >= 0.3 is 0 Å². The molecule has 12 atom stereocenters. The van der Waals surface area contributed by atoms with Crippen LogP contribution in [0.15, 0.2) is 20.0 Å². The van der Waals surface area contributed by atoms with Gasteiger partial charge in [-0.3, -0.25) is 87.1 Å². The highest BCUT2D eigenvalue weighted by Gasteiger charge is 2.39. The summed E-state index contributed by atoms with van der Waals surface area (Å²) in [6, 6.07) is -15.4. The van der Waals surface area contributed by atoms with Crippen LogP contribution >= 0.6 is 37.9 Å². The largest absolute Gasteiger partial charge is 0.370 e. The molecule has 1 heterocycles. The quantitative estimate of drug-likeness (QED) is 0.0117. The van der Waals surface area contributed by atoms with Gasteiger partial charge in [-0.05, 0) is 91.9 Å². The molecule has 1 fully saturated rings. The molecule has 0 aromatic rings. The van der Waals surface area contributed by atoms with Crippen LogP contribution in [0.25, 0.3) is 0 Å². The molecule has 0 radical (unpaired) electrons. The number of hydrogen-bond acceptors (Lipinski definition) is 21. The molecule has 0 saturated carbocycles. The molecule has 0 aromatic heterocycles. The maximum absolute atomic E-state index is 14.2. The number of likely N-dealkylation sites (tertiary alicyclic amines) is 1. The number of thiol groups is 3. The molecule has 0 spiro atoms. The highest BCUT2D eigenvalue weighted by atomic mass is 32.1. The molecule has 546 valence electrons. The first-order chi connectivity index (χ1) is 45.6. The van der Waals surface area contributed by atoms with E-state index in [4.69, 9.17) is 51.6 Å². The Balaban J connectivity index is 3.10. The normalized spacial score (nSPS) is 15.7. The third-order valence-corrected chi connectivity index (χ3v) is 15.2. The summed E-state index contributed by atoms with van der Waals surface area (Å²) in [6.45, 7) is 5.91. The Kier molecular flexibility index (Phi) is 39.9. The van der Waals surface area contributed by atoms with E-state index in [-0.39, 0.29) is 132 Å². The van der Waals surface area contributed by atoms with Gasteiger partial charge < -0.3 is 120 Å². The lowest BCUT2D eigenvalue weighted by Gasteiger charge is -2.29. The van der Waals surface area contributed by atoms with Crippen LogP contribution in [-0.4, -0.2) is 240 Å². The summed E-state index contributed by atoms with van der Waals surface area (Å²) in [5.41, 5.74) is 49.3. The van der Waals surface area contributed by atoms with E-state index in [9.17, 15) is 67.1 Å². The Labute approximate surface area is 577 Å². The average molecular weight is 1430 g/mol. The van der Waals surface area contributed by atoms with Gasteiger partial charge in [0, 0.05) is 56.9 Å². The second-order valence-corrected chi connectivity index (χ2v) is 23.3. The molecule has 1 aliphatic heterocycles. The van der Waals surface area contributed by atoms with Crippen molar-refractivity contribution in [3.63, 3.8) is 0 Å². The minimum Gasteiger partial charge on any atom is -0.370 e. The second-order valence-electron chi connectivity index (χ2n) is 22.3. The van der Waals surface area contributed by atoms with E-state index in [1.807, 2.05) is 0 Å². The third-order valence-electron chi connectivity index (χ3n) is 14.1. The second kappa shape index (κ2) is 45.2. The van der Waals surface area contributed by atoms with Crippen LogP contribution in [0, 0.1) is 0 Å². The highest BCUT2D eigenvalue weighted by molar-refractivity contribution is 7.80. The molecule has 40 nitrogen and oxygen atoms in total. The summed E-state index contributed by atoms with van der Waals surface area (Å²) in [5.74, 6) is -12.8. The zero-order valence-corrected chi connectivity index (χ0v) is 57.5. The summed E-state index contributed by atoms with van der Waals surface area (Å²) >= 11 is 12.4. The summed E-state index contributed by atoms with van der Waals surface area (Å²) in [5, 5.41) is 29.7. The molecule has 1 rings (SSSR count). The van der Waals surface area contributed by atoms with Gasteiger partial charge in [0.1, 0.15) is 72.5 Å². The molecule has 14 amide bonds. The molecule has 1 aliphatic rings. The van der Waals surface area contributed by atoms with Crippen molar-refractivity contribution in [1.29, 1.82) is 0 Å². The van der Waals surface area contributed by atoms with Crippen LogP contribution in [-0.2, 0) is 67.1 Å². The number of primary amides is 1. The first-order valence-corrected chi connectivity index (χ1v) is 32.7. The number of rotatable bonds is 44. The number of carbonyl (C=O) groups is 14. The predicted molar refractivity (Wildman–Crippen MR) is 368 cm³/mol. The van der Waals surface area contributed by atoms with Crippen molar-refractivity contribution in [2.45, 2.75) is 171 Å². The van der Waals surface area contributed by atoms with Crippen molar-refractivity contribution in [2.24, 2.45) is 71.6 Å². The molecule has 43 heteroatoms. The minimum absolute atomic E-state index is 0.00899. The van der Waals surface area contributed by atoms with E-state index < -0.39 is 162 Å². The smallest absolute Gasteiger partial charge is 0.246 e. The van der Waals surface area contributed by atoms with Gasteiger partial charge in [-0.15, -0.1) is 0 Å². The summed E-state index contributed by atoms with van der Waals surface area (Å²) in [4.78, 5) is 202. The number of nitrogens with one attached hydrogen (secondary N) is 12. The van der Waals surface area contributed by atoms with Crippen LogP contribution in [0.3, 0.4) is 0 Å². The fraction of sp³-hybridized carbons (Fsp3) is 0.667. The summed E-state index contributed by atoms with van der Waals surface area (Å²) in [7, 11) is 0. The van der Waals surface area contributed by atoms with Crippen molar-refractivity contribution in [2.75, 3.05) is 56.5 Å². The van der Waals surface area contributed by atoms with Gasteiger partial charge in [0.25, 0.3) is 0 Å². The number of carbonyl (C=O) groups excluding carboxylic acids is 14. The first kappa shape index (κ1) is 85.7. The molecule has 0 unspecified atom stereocenters. The standard InChI is InChI=1S/C54H98N26O14S3/c1-25(70-42(86)27(3)72-47(91)35(23-96)74-38(82)21-68-49(93)37-15-10-20-80(37)50(94)36(24-97)79-48(92)34(22-95)73-29(5)81)40(84)69-26(2)41(85)71-28(4)43(87)76-31(12-7-17-65-52(58)59)45(89)78-33(14-9-19-67-54(62)63)46(90)77-32(13-8-18-66-53(60)61)44(88)75-30(39(55)83)11-6-16-64-51(56)57/h25-28,30-37,95-97H,6-24H2,1-5H3,(H2,55,83)(H,68,93)(H,69,84)(H,70,86)(H,71,85)(H,72,91)(H,73,81)(H,74,82)(H,75,88)(H,76,87)(H,77,90)(H,78,89)(H,79,92)(H4,56,57,64)(H4,58,59,65)(H4,60,61,66)(H4,62,63,67)/t25-,26-,27-,28-,30-,31-,32-,33-,34-,35-,36-,37-/m0/s1. The zero-order chi connectivity index (χ0) is 73.6. The molecule has 0 aromatic carbocycles. The molecule has 97 heavy (non-hydrogen) atoms. The van der Waals surface area contributed by atoms with Gasteiger partial charge in [-0.25, -0.2) is 0 Å². The van der Waals surface area contributed by atoms with E-state index >= 15 is 0 Å². The highest BCUT2D eigenvalue weighted by Crippen LogP contribution is 2.19. The van der Waals surface area contributed by atoms with E-state index in [2.05, 4.69) is 122 Å². The van der Waals surface area contributed by atoms with Gasteiger partial charge in [0.05, 0.1) is 6.54 Å². The molecule has 1 saturated heterocycles. The molecular formula is C54H98N26O14S3. The van der Waals surface area contributed by atoms with Crippen molar-refractivity contribution >= 4 is 144 Å². The number of hydrogen-bond donors (Lipinski definition) is 24. The van der Waals surface area contributed by atoms with Crippen LogP contribution in [0.1, 0.15) is 98.8 Å². The Morgan fingerprint density at radius 2 is 0.701 bits per heavy atom. The topological polar surface area (TPSA) is 670 Å². The van der Waals surface area contributed by atoms with Gasteiger partial charge in [-0.1, -0.05) is 0 Å². The average Bonchev–Trinajstić information content (AvgIpc) is 1.75. The van der Waals surface area contributed by atoms with Gasteiger partial charge in [0.2, 0.25) is 82.7 Å². The lowest BCUT2D eigenvalue weighted by atomic mass is 10.0. The van der Waals surface area contributed by atoms with E-state index in [1.165, 1.54) is 39.5 Å². The number of amides is 14.